The van der Waals surface area contributed by atoms with Gasteiger partial charge in [-0.25, -0.2) is 4.98 Å². The number of fused-ring (bicyclic) bond motifs is 1. The summed E-state index contributed by atoms with van der Waals surface area (Å²) in [6.45, 7) is 10.3. The maximum Gasteiger partial charge on any atom is 0.191 e. The predicted octanol–water partition coefficient (Wildman–Crippen LogP) is 3.57. The van der Waals surface area contributed by atoms with Crippen molar-refractivity contribution in [3.63, 3.8) is 0 Å². The number of nitrogens with one attached hydrogen (secondary N) is 2. The molecule has 0 saturated carbocycles. The van der Waals surface area contributed by atoms with Gasteiger partial charge in [0.05, 0.1) is 6.54 Å². The molecule has 0 amide bonds. The third-order valence-corrected chi connectivity index (χ3v) is 5.89. The molecule has 0 fully saturated rings. The van der Waals surface area contributed by atoms with E-state index in [1.54, 1.807) is 11.3 Å². The van der Waals surface area contributed by atoms with E-state index in [1.165, 1.54) is 16.0 Å². The highest BCUT2D eigenvalue weighted by Gasteiger charge is 2.29. The van der Waals surface area contributed by atoms with Crippen molar-refractivity contribution in [2.75, 3.05) is 20.1 Å². The Kier molecular flexibility index (Phi) is 8.05. The Hall–Kier alpha value is -1.19. The third kappa shape index (κ3) is 5.89. The maximum atomic E-state index is 4.39. The largest absolute Gasteiger partial charge is 0.355 e. The van der Waals surface area contributed by atoms with Crippen molar-refractivity contribution < 1.29 is 0 Å². The van der Waals surface area contributed by atoms with Gasteiger partial charge in [0.2, 0.25) is 0 Å². The van der Waals surface area contributed by atoms with Crippen molar-refractivity contribution in [1.29, 1.82) is 0 Å². The molecule has 0 radical (unpaired) electrons. The first-order valence-electron chi connectivity index (χ1n) is 9.15. The quantitative estimate of drug-likeness (QED) is 0.375. The van der Waals surface area contributed by atoms with Crippen LogP contribution in [0.25, 0.3) is 0 Å². The van der Waals surface area contributed by atoms with E-state index in [9.17, 15) is 0 Å². The van der Waals surface area contributed by atoms with Crippen LogP contribution in [0.2, 0.25) is 0 Å². The molecule has 5 nitrogen and oxygen atoms in total. The summed E-state index contributed by atoms with van der Waals surface area (Å²) in [6.07, 6.45) is 3.03. The average Bonchev–Trinajstić information content (AvgIpc) is 3.06. The standard InChI is InChI=1S/C20H29N5S.HI/c1-15-11-22-18(26-15)12-23-19(21-4)24-14-20(2,3)25-10-9-16-7-5-6-8-17(16)13-25;/h5-8,11H,9-10,12-14H2,1-4H3,(H2,21,23,24);1H. The summed E-state index contributed by atoms with van der Waals surface area (Å²) in [4.78, 5) is 12.5. The zero-order valence-corrected chi connectivity index (χ0v) is 19.7. The lowest BCUT2D eigenvalue weighted by molar-refractivity contribution is 0.107. The summed E-state index contributed by atoms with van der Waals surface area (Å²) >= 11 is 1.72. The second-order valence-corrected chi connectivity index (χ2v) is 8.72. The van der Waals surface area contributed by atoms with Gasteiger partial charge in [-0.1, -0.05) is 24.3 Å². The zero-order chi connectivity index (χ0) is 18.6. The highest BCUT2D eigenvalue weighted by Crippen LogP contribution is 2.24. The number of aromatic nitrogens is 1. The van der Waals surface area contributed by atoms with E-state index < -0.39 is 0 Å². The summed E-state index contributed by atoms with van der Waals surface area (Å²) in [5, 5.41) is 7.92. The minimum absolute atomic E-state index is 0. The summed E-state index contributed by atoms with van der Waals surface area (Å²) in [5.74, 6) is 0.823. The maximum absolute atomic E-state index is 4.39. The van der Waals surface area contributed by atoms with Gasteiger partial charge in [-0.2, -0.15) is 0 Å². The lowest BCUT2D eigenvalue weighted by Crippen LogP contribution is -2.54. The van der Waals surface area contributed by atoms with Gasteiger partial charge in [-0.15, -0.1) is 35.3 Å². The molecular weight excluding hydrogens is 469 g/mol. The zero-order valence-electron chi connectivity index (χ0n) is 16.6. The lowest BCUT2D eigenvalue weighted by Gasteiger charge is -2.42. The summed E-state index contributed by atoms with van der Waals surface area (Å²) in [7, 11) is 1.81. The van der Waals surface area contributed by atoms with Crippen LogP contribution in [-0.2, 0) is 19.5 Å². The van der Waals surface area contributed by atoms with E-state index in [1.807, 2.05) is 13.2 Å². The van der Waals surface area contributed by atoms with Crippen molar-refractivity contribution in [1.82, 2.24) is 20.5 Å². The number of guanidine groups is 1. The number of hydrogen-bond donors (Lipinski definition) is 2. The van der Waals surface area contributed by atoms with Crippen molar-refractivity contribution in [2.24, 2.45) is 4.99 Å². The second kappa shape index (κ2) is 9.84. The molecule has 1 aliphatic rings. The molecule has 1 aromatic carbocycles. The van der Waals surface area contributed by atoms with E-state index in [2.05, 4.69) is 70.5 Å². The van der Waals surface area contributed by atoms with Crippen molar-refractivity contribution in [2.45, 2.75) is 45.8 Å². The predicted molar refractivity (Wildman–Crippen MR) is 125 cm³/mol. The minimum atomic E-state index is 0. The fourth-order valence-electron chi connectivity index (χ4n) is 3.29. The molecule has 0 unspecified atom stereocenters. The highest BCUT2D eigenvalue weighted by atomic mass is 127. The molecule has 2 heterocycles. The molecule has 2 N–H and O–H groups in total. The van der Waals surface area contributed by atoms with Gasteiger partial charge in [0, 0.05) is 43.3 Å². The van der Waals surface area contributed by atoms with Gasteiger partial charge < -0.3 is 10.6 Å². The first-order valence-corrected chi connectivity index (χ1v) is 9.97. The van der Waals surface area contributed by atoms with Gasteiger partial charge >= 0.3 is 0 Å². The monoisotopic (exact) mass is 499 g/mol. The van der Waals surface area contributed by atoms with Gasteiger partial charge in [0.25, 0.3) is 0 Å². The van der Waals surface area contributed by atoms with Crippen molar-refractivity contribution in [3.05, 3.63) is 51.5 Å². The van der Waals surface area contributed by atoms with Crippen LogP contribution in [0.5, 0.6) is 0 Å². The number of thiazole rings is 1. The lowest BCUT2D eigenvalue weighted by atomic mass is 9.94. The molecule has 0 aliphatic carbocycles. The van der Waals surface area contributed by atoms with Crippen LogP contribution in [0, 0.1) is 6.92 Å². The van der Waals surface area contributed by atoms with Crippen LogP contribution < -0.4 is 10.6 Å². The molecule has 27 heavy (non-hydrogen) atoms. The van der Waals surface area contributed by atoms with Gasteiger partial charge in [-0.05, 0) is 38.3 Å². The molecule has 0 saturated heterocycles. The molecule has 3 rings (SSSR count). The average molecular weight is 499 g/mol. The molecule has 0 atom stereocenters. The Labute approximate surface area is 183 Å². The highest BCUT2D eigenvalue weighted by molar-refractivity contribution is 14.0. The van der Waals surface area contributed by atoms with Crippen molar-refractivity contribution in [3.8, 4) is 0 Å². The van der Waals surface area contributed by atoms with Crippen LogP contribution >= 0.6 is 35.3 Å². The number of hydrogen-bond acceptors (Lipinski definition) is 4. The summed E-state index contributed by atoms with van der Waals surface area (Å²) in [6, 6.07) is 8.78. The number of aliphatic imine (C=N–C) groups is 1. The van der Waals surface area contributed by atoms with E-state index >= 15 is 0 Å². The number of benzene rings is 1. The fourth-order valence-corrected chi connectivity index (χ4v) is 4.01. The molecule has 0 spiro atoms. The molecule has 7 heteroatoms. The Bertz CT molecular complexity index is 771. The van der Waals surface area contributed by atoms with E-state index in [0.717, 1.165) is 37.0 Å². The van der Waals surface area contributed by atoms with Crippen LogP contribution in [0.3, 0.4) is 0 Å². The third-order valence-electron chi connectivity index (χ3n) is 4.97. The van der Waals surface area contributed by atoms with E-state index in [0.29, 0.717) is 6.54 Å². The molecule has 1 aliphatic heterocycles. The van der Waals surface area contributed by atoms with E-state index in [-0.39, 0.29) is 29.5 Å². The Morgan fingerprint density at radius 3 is 2.67 bits per heavy atom. The molecular formula is C20H30IN5S. The van der Waals surface area contributed by atoms with E-state index in [4.69, 9.17) is 0 Å². The molecule has 148 valence electrons. The molecule has 0 bridgehead atoms. The summed E-state index contributed by atoms with van der Waals surface area (Å²) < 4.78 is 0. The number of rotatable bonds is 5. The van der Waals surface area contributed by atoms with Crippen molar-refractivity contribution >= 4 is 41.3 Å². The van der Waals surface area contributed by atoms with Crippen LogP contribution in [0.1, 0.15) is 34.9 Å². The van der Waals surface area contributed by atoms with Gasteiger partial charge in [-0.3, -0.25) is 9.89 Å². The molecule has 1 aromatic heterocycles. The first-order chi connectivity index (χ1) is 12.5. The van der Waals surface area contributed by atoms with Gasteiger partial charge in [0.1, 0.15) is 5.01 Å². The van der Waals surface area contributed by atoms with Crippen LogP contribution in [-0.4, -0.2) is 41.5 Å². The Morgan fingerprint density at radius 1 is 1.26 bits per heavy atom. The normalized spacial score (nSPS) is 15.0. The SMILES string of the molecule is CN=C(NCc1ncc(C)s1)NCC(C)(C)N1CCc2ccccc2C1.I. The molecule has 2 aromatic rings. The number of aryl methyl sites for hydroxylation is 1. The fraction of sp³-hybridized carbons (Fsp3) is 0.500. The Morgan fingerprint density at radius 2 is 2.00 bits per heavy atom. The number of halogens is 1. The number of nitrogens with zero attached hydrogens (tertiary/aromatic N) is 3. The van der Waals surface area contributed by atoms with Gasteiger partial charge in [0.15, 0.2) is 5.96 Å². The minimum Gasteiger partial charge on any atom is -0.355 e. The smallest absolute Gasteiger partial charge is 0.191 e. The van der Waals surface area contributed by atoms with Crippen LogP contribution in [0.4, 0.5) is 0 Å². The summed E-state index contributed by atoms with van der Waals surface area (Å²) in [5.41, 5.74) is 2.99. The van der Waals surface area contributed by atoms with Crippen LogP contribution in [0.15, 0.2) is 35.5 Å². The first kappa shape index (κ1) is 22.1. The Balaban J connectivity index is 0.00000261. The second-order valence-electron chi connectivity index (χ2n) is 7.40. The topological polar surface area (TPSA) is 52.6 Å².